The molecule has 0 aromatic heterocycles. The molecule has 1 N–H and O–H groups in total. The molecular weight excluding hydrogens is 216 g/mol. The Balaban J connectivity index is 2.53. The number of morpholine rings is 1. The summed E-state index contributed by atoms with van der Waals surface area (Å²) >= 11 is 0. The standard InChI is InChI=1S/C13H22N2O2/c1-4-6-12(16)14-11-13(3,5-2)15-7-9-17-10-8-15/h5,7-11H2,1-3H3,(H,14,16). The Hall–Kier alpha value is -1.05. The lowest BCUT2D eigenvalue weighted by Crippen LogP contribution is -2.56. The molecule has 0 saturated carbocycles. The quantitative estimate of drug-likeness (QED) is 0.730. The summed E-state index contributed by atoms with van der Waals surface area (Å²) in [5.41, 5.74) is -0.00510. The van der Waals surface area contributed by atoms with Crippen molar-refractivity contribution in [3.05, 3.63) is 0 Å². The molecule has 96 valence electrons. The summed E-state index contributed by atoms with van der Waals surface area (Å²) in [6.45, 7) is 10.0. The Morgan fingerprint density at radius 2 is 2.12 bits per heavy atom. The van der Waals surface area contributed by atoms with Gasteiger partial charge in [0.2, 0.25) is 0 Å². The molecule has 0 bridgehead atoms. The lowest BCUT2D eigenvalue weighted by atomic mass is 9.95. The SMILES string of the molecule is CC#CC(=O)NCC(C)(CC)N1CCOCC1. The first-order valence-electron chi connectivity index (χ1n) is 6.16. The largest absolute Gasteiger partial charge is 0.379 e. The van der Waals surface area contributed by atoms with Crippen LogP contribution in [0.3, 0.4) is 0 Å². The minimum Gasteiger partial charge on any atom is -0.379 e. The summed E-state index contributed by atoms with van der Waals surface area (Å²) in [5, 5.41) is 2.88. The van der Waals surface area contributed by atoms with E-state index in [4.69, 9.17) is 4.74 Å². The van der Waals surface area contributed by atoms with Gasteiger partial charge in [-0.25, -0.2) is 0 Å². The van der Waals surface area contributed by atoms with Gasteiger partial charge in [0.25, 0.3) is 5.91 Å². The number of carbonyl (C=O) groups excluding carboxylic acids is 1. The first-order chi connectivity index (χ1) is 8.12. The Bertz CT molecular complexity index is 313. The Morgan fingerprint density at radius 3 is 2.65 bits per heavy atom. The van der Waals surface area contributed by atoms with Crippen molar-refractivity contribution < 1.29 is 9.53 Å². The van der Waals surface area contributed by atoms with E-state index in [0.29, 0.717) is 6.54 Å². The Labute approximate surface area is 104 Å². The molecule has 0 spiro atoms. The highest BCUT2D eigenvalue weighted by Gasteiger charge is 2.31. The van der Waals surface area contributed by atoms with Gasteiger partial charge in [0.05, 0.1) is 13.2 Å². The average Bonchev–Trinajstić information content (AvgIpc) is 2.37. The van der Waals surface area contributed by atoms with Crippen LogP contribution in [0.15, 0.2) is 0 Å². The number of rotatable bonds is 4. The molecule has 0 radical (unpaired) electrons. The monoisotopic (exact) mass is 238 g/mol. The second kappa shape index (κ2) is 6.63. The van der Waals surface area contributed by atoms with Crippen molar-refractivity contribution >= 4 is 5.91 Å². The number of nitrogens with one attached hydrogen (secondary N) is 1. The van der Waals surface area contributed by atoms with Crippen molar-refractivity contribution in [3.63, 3.8) is 0 Å². The van der Waals surface area contributed by atoms with Crippen molar-refractivity contribution in [1.29, 1.82) is 0 Å². The predicted octanol–water partition coefficient (Wildman–Crippen LogP) is 0.627. The third-order valence-electron chi connectivity index (χ3n) is 3.40. The summed E-state index contributed by atoms with van der Waals surface area (Å²) in [7, 11) is 0. The smallest absolute Gasteiger partial charge is 0.295 e. The fourth-order valence-electron chi connectivity index (χ4n) is 1.99. The van der Waals surface area contributed by atoms with Crippen molar-refractivity contribution in [2.24, 2.45) is 0 Å². The van der Waals surface area contributed by atoms with Gasteiger partial charge in [-0.2, -0.15) is 0 Å². The lowest BCUT2D eigenvalue weighted by molar-refractivity contribution is -0.116. The van der Waals surface area contributed by atoms with Crippen LogP contribution in [0.2, 0.25) is 0 Å². The van der Waals surface area contributed by atoms with Crippen molar-refractivity contribution in [1.82, 2.24) is 10.2 Å². The number of nitrogens with zero attached hydrogens (tertiary/aromatic N) is 1. The van der Waals surface area contributed by atoms with Crippen LogP contribution in [0.25, 0.3) is 0 Å². The molecule has 1 rings (SSSR count). The zero-order chi connectivity index (χ0) is 12.7. The second-order valence-electron chi connectivity index (χ2n) is 4.51. The fourth-order valence-corrected chi connectivity index (χ4v) is 1.99. The minimum atomic E-state index is -0.194. The van der Waals surface area contributed by atoms with Crippen LogP contribution in [-0.4, -0.2) is 49.2 Å². The van der Waals surface area contributed by atoms with Crippen LogP contribution in [0.1, 0.15) is 27.2 Å². The van der Waals surface area contributed by atoms with E-state index in [1.807, 2.05) is 0 Å². The van der Waals surface area contributed by atoms with Crippen molar-refractivity contribution in [2.45, 2.75) is 32.7 Å². The summed E-state index contributed by atoms with van der Waals surface area (Å²) in [5.74, 6) is 4.91. The van der Waals surface area contributed by atoms with Crippen LogP contribution >= 0.6 is 0 Å². The maximum atomic E-state index is 11.4. The van der Waals surface area contributed by atoms with E-state index in [0.717, 1.165) is 32.7 Å². The number of amides is 1. The van der Waals surface area contributed by atoms with Crippen molar-refractivity contribution in [2.75, 3.05) is 32.8 Å². The van der Waals surface area contributed by atoms with Gasteiger partial charge in [0, 0.05) is 25.2 Å². The number of hydrogen-bond donors (Lipinski definition) is 1. The van der Waals surface area contributed by atoms with E-state index >= 15 is 0 Å². The first-order valence-corrected chi connectivity index (χ1v) is 6.16. The molecule has 0 aromatic rings. The molecule has 1 aliphatic heterocycles. The van der Waals surface area contributed by atoms with Gasteiger partial charge in [-0.05, 0) is 26.2 Å². The molecule has 4 heteroatoms. The Morgan fingerprint density at radius 1 is 1.47 bits per heavy atom. The Kier molecular flexibility index (Phi) is 5.46. The maximum Gasteiger partial charge on any atom is 0.295 e. The van der Waals surface area contributed by atoms with Gasteiger partial charge in [-0.3, -0.25) is 9.69 Å². The topological polar surface area (TPSA) is 41.6 Å². The molecular formula is C13H22N2O2. The highest BCUT2D eigenvalue weighted by Crippen LogP contribution is 2.19. The summed E-state index contributed by atoms with van der Waals surface area (Å²) in [6, 6.07) is 0. The normalized spacial score (nSPS) is 19.9. The van der Waals surface area contributed by atoms with E-state index < -0.39 is 0 Å². The number of ether oxygens (including phenoxy) is 1. The molecule has 1 fully saturated rings. The van der Waals surface area contributed by atoms with Crippen LogP contribution in [0.5, 0.6) is 0 Å². The zero-order valence-electron chi connectivity index (χ0n) is 11.0. The van der Waals surface area contributed by atoms with Crippen molar-refractivity contribution in [3.8, 4) is 11.8 Å². The van der Waals surface area contributed by atoms with Gasteiger partial charge in [0.15, 0.2) is 0 Å². The predicted molar refractivity (Wildman–Crippen MR) is 67.5 cm³/mol. The molecule has 17 heavy (non-hydrogen) atoms. The maximum absolute atomic E-state index is 11.4. The summed E-state index contributed by atoms with van der Waals surface area (Å²) in [4.78, 5) is 13.7. The van der Waals surface area contributed by atoms with Crippen LogP contribution < -0.4 is 5.32 Å². The van der Waals surface area contributed by atoms with Crippen LogP contribution in [0, 0.1) is 11.8 Å². The van der Waals surface area contributed by atoms with Gasteiger partial charge < -0.3 is 10.1 Å². The van der Waals surface area contributed by atoms with E-state index in [1.54, 1.807) is 6.92 Å². The molecule has 0 aromatic carbocycles. The van der Waals surface area contributed by atoms with Gasteiger partial charge >= 0.3 is 0 Å². The minimum absolute atomic E-state index is 0.00510. The van der Waals surface area contributed by atoms with E-state index in [1.165, 1.54) is 0 Å². The molecule has 1 heterocycles. The number of carbonyl (C=O) groups is 1. The highest BCUT2D eigenvalue weighted by atomic mass is 16.5. The third kappa shape index (κ3) is 4.03. The molecule has 1 amide bonds. The first kappa shape index (κ1) is 14.0. The second-order valence-corrected chi connectivity index (χ2v) is 4.51. The van der Waals surface area contributed by atoms with Crippen LogP contribution in [-0.2, 0) is 9.53 Å². The third-order valence-corrected chi connectivity index (χ3v) is 3.40. The molecule has 1 saturated heterocycles. The fraction of sp³-hybridized carbons (Fsp3) is 0.769. The van der Waals surface area contributed by atoms with Crippen LogP contribution in [0.4, 0.5) is 0 Å². The number of hydrogen-bond acceptors (Lipinski definition) is 3. The highest BCUT2D eigenvalue weighted by molar-refractivity contribution is 5.93. The van der Waals surface area contributed by atoms with Gasteiger partial charge in [-0.1, -0.05) is 12.8 Å². The average molecular weight is 238 g/mol. The molecule has 1 atom stereocenters. The van der Waals surface area contributed by atoms with E-state index in [-0.39, 0.29) is 11.4 Å². The molecule has 0 aliphatic carbocycles. The van der Waals surface area contributed by atoms with E-state index in [9.17, 15) is 4.79 Å². The molecule has 1 unspecified atom stereocenters. The lowest BCUT2D eigenvalue weighted by Gasteiger charge is -2.42. The van der Waals surface area contributed by atoms with Gasteiger partial charge in [0.1, 0.15) is 0 Å². The molecule has 1 aliphatic rings. The van der Waals surface area contributed by atoms with E-state index in [2.05, 4.69) is 35.9 Å². The summed E-state index contributed by atoms with van der Waals surface area (Å²) in [6.07, 6.45) is 0.993. The summed E-state index contributed by atoms with van der Waals surface area (Å²) < 4.78 is 5.35. The molecule has 4 nitrogen and oxygen atoms in total. The van der Waals surface area contributed by atoms with Gasteiger partial charge in [-0.15, -0.1) is 0 Å². The zero-order valence-corrected chi connectivity index (χ0v) is 11.0.